The largest absolute Gasteiger partial charge is 0.323 e. The van der Waals surface area contributed by atoms with Gasteiger partial charge in [-0.05, 0) is 30.1 Å². The molecule has 1 atom stereocenters. The lowest BCUT2D eigenvalue weighted by Crippen LogP contribution is -2.14. The van der Waals surface area contributed by atoms with Crippen molar-refractivity contribution < 1.29 is 0 Å². The predicted molar refractivity (Wildman–Crippen MR) is 64.2 cm³/mol. The Morgan fingerprint density at radius 2 is 2.31 bits per heavy atom. The third-order valence-electron chi connectivity index (χ3n) is 2.41. The maximum Gasteiger partial charge on any atom is 0.0801 e. The van der Waals surface area contributed by atoms with Gasteiger partial charge in [-0.1, -0.05) is 17.5 Å². The lowest BCUT2D eigenvalue weighted by atomic mass is 10.1. The van der Waals surface area contributed by atoms with Crippen LogP contribution < -0.4 is 5.73 Å². The molecule has 0 saturated heterocycles. The van der Waals surface area contributed by atoms with Gasteiger partial charge in [0.05, 0.1) is 10.6 Å². The predicted octanol–water partition coefficient (Wildman–Crippen LogP) is 1.74. The minimum absolute atomic E-state index is 0.0511. The summed E-state index contributed by atoms with van der Waals surface area (Å²) in [6, 6.07) is 5.81. The topological polar surface area (TPSA) is 64.7 Å². The zero-order valence-corrected chi connectivity index (χ0v) is 9.94. The molecule has 16 heavy (non-hydrogen) atoms. The maximum atomic E-state index is 6.14. The minimum atomic E-state index is -0.0511. The Labute approximate surface area is 98.7 Å². The van der Waals surface area contributed by atoms with Gasteiger partial charge in [-0.15, -0.1) is 5.10 Å². The van der Waals surface area contributed by atoms with Gasteiger partial charge in [0.25, 0.3) is 0 Å². The van der Waals surface area contributed by atoms with Crippen LogP contribution in [0.15, 0.2) is 24.4 Å². The summed E-state index contributed by atoms with van der Waals surface area (Å²) in [6.07, 6.45) is 3.40. The van der Waals surface area contributed by atoms with Crippen molar-refractivity contribution in [3.63, 3.8) is 0 Å². The molecule has 2 N–H and O–H groups in total. The average molecular weight is 234 g/mol. The molecule has 0 spiro atoms. The molecular formula is C11H14N4S. The summed E-state index contributed by atoms with van der Waals surface area (Å²) in [6.45, 7) is 2.06. The number of aromatic nitrogens is 3. The fourth-order valence-electron chi connectivity index (χ4n) is 1.58. The number of pyridine rings is 1. The molecule has 2 aromatic rings. The Morgan fingerprint density at radius 3 is 3.00 bits per heavy atom. The second kappa shape index (κ2) is 5.14. The zero-order valence-electron chi connectivity index (χ0n) is 9.13. The van der Waals surface area contributed by atoms with Crippen LogP contribution in [0.4, 0.5) is 0 Å². The Balaban J connectivity index is 2.11. The van der Waals surface area contributed by atoms with Gasteiger partial charge < -0.3 is 5.73 Å². The average Bonchev–Trinajstić information content (AvgIpc) is 2.78. The molecular weight excluding hydrogens is 220 g/mol. The van der Waals surface area contributed by atoms with E-state index in [2.05, 4.69) is 21.5 Å². The molecule has 0 saturated carbocycles. The number of aryl methyl sites for hydroxylation is 1. The molecule has 0 aliphatic heterocycles. The fraction of sp³-hybridized carbons (Fsp3) is 0.364. The first-order chi connectivity index (χ1) is 7.81. The molecule has 0 bridgehead atoms. The van der Waals surface area contributed by atoms with Gasteiger partial charge in [-0.2, -0.15) is 0 Å². The van der Waals surface area contributed by atoms with Crippen LogP contribution >= 0.6 is 11.5 Å². The van der Waals surface area contributed by atoms with E-state index in [4.69, 9.17) is 5.73 Å². The summed E-state index contributed by atoms with van der Waals surface area (Å²) in [5, 5.41) is 4.07. The summed E-state index contributed by atoms with van der Waals surface area (Å²) in [7, 11) is 0. The van der Waals surface area contributed by atoms with E-state index >= 15 is 0 Å². The van der Waals surface area contributed by atoms with Crippen LogP contribution in [0, 0.1) is 0 Å². The standard InChI is InChI=1S/C11H14N4S/c1-2-10-11(16-15-14-10)9(12)7-8-5-3-4-6-13-8/h3-6,9H,2,7,12H2,1H3. The quantitative estimate of drug-likeness (QED) is 0.875. The van der Waals surface area contributed by atoms with Crippen LogP contribution in [0.5, 0.6) is 0 Å². The van der Waals surface area contributed by atoms with Gasteiger partial charge in [-0.25, -0.2) is 0 Å². The van der Waals surface area contributed by atoms with Crippen LogP contribution in [0.2, 0.25) is 0 Å². The molecule has 2 heterocycles. The molecule has 4 nitrogen and oxygen atoms in total. The maximum absolute atomic E-state index is 6.14. The summed E-state index contributed by atoms with van der Waals surface area (Å²) in [5.41, 5.74) is 8.15. The highest BCUT2D eigenvalue weighted by Crippen LogP contribution is 2.21. The third kappa shape index (κ3) is 2.43. The fourth-order valence-corrected chi connectivity index (χ4v) is 2.32. The van der Waals surface area contributed by atoms with E-state index in [9.17, 15) is 0 Å². The summed E-state index contributed by atoms with van der Waals surface area (Å²) in [5.74, 6) is 0. The molecule has 2 rings (SSSR count). The molecule has 5 heteroatoms. The third-order valence-corrected chi connectivity index (χ3v) is 3.31. The molecule has 0 aliphatic rings. The van der Waals surface area contributed by atoms with E-state index in [0.29, 0.717) is 0 Å². The number of nitrogens with zero attached hydrogens (tertiary/aromatic N) is 3. The van der Waals surface area contributed by atoms with Crippen LogP contribution in [0.1, 0.15) is 29.2 Å². The van der Waals surface area contributed by atoms with E-state index < -0.39 is 0 Å². The van der Waals surface area contributed by atoms with Crippen molar-refractivity contribution in [3.05, 3.63) is 40.7 Å². The molecule has 2 aromatic heterocycles. The Bertz CT molecular complexity index is 440. The second-order valence-corrected chi connectivity index (χ2v) is 4.35. The number of nitrogens with two attached hydrogens (primary N) is 1. The number of rotatable bonds is 4. The highest BCUT2D eigenvalue weighted by molar-refractivity contribution is 7.05. The van der Waals surface area contributed by atoms with Crippen molar-refractivity contribution in [1.82, 2.24) is 14.6 Å². The number of hydrogen-bond donors (Lipinski definition) is 1. The summed E-state index contributed by atoms with van der Waals surface area (Å²) >= 11 is 1.39. The number of hydrogen-bond acceptors (Lipinski definition) is 5. The lowest BCUT2D eigenvalue weighted by Gasteiger charge is -2.09. The van der Waals surface area contributed by atoms with E-state index in [1.165, 1.54) is 11.5 Å². The first-order valence-electron chi connectivity index (χ1n) is 5.28. The highest BCUT2D eigenvalue weighted by Gasteiger charge is 2.15. The molecule has 84 valence electrons. The SMILES string of the molecule is CCc1nnsc1C(N)Cc1ccccn1. The van der Waals surface area contributed by atoms with E-state index in [-0.39, 0.29) is 6.04 Å². The van der Waals surface area contributed by atoms with Crippen molar-refractivity contribution in [1.29, 1.82) is 0 Å². The van der Waals surface area contributed by atoms with Crippen molar-refractivity contribution in [2.45, 2.75) is 25.8 Å². The monoisotopic (exact) mass is 234 g/mol. The van der Waals surface area contributed by atoms with Crippen molar-refractivity contribution in [2.75, 3.05) is 0 Å². The summed E-state index contributed by atoms with van der Waals surface area (Å²) in [4.78, 5) is 5.34. The van der Waals surface area contributed by atoms with Gasteiger partial charge >= 0.3 is 0 Å². The van der Waals surface area contributed by atoms with Gasteiger partial charge in [0.2, 0.25) is 0 Å². The van der Waals surface area contributed by atoms with Gasteiger partial charge in [-0.3, -0.25) is 4.98 Å². The van der Waals surface area contributed by atoms with E-state index in [0.717, 1.165) is 29.1 Å². The van der Waals surface area contributed by atoms with Crippen LogP contribution in [-0.4, -0.2) is 14.6 Å². The van der Waals surface area contributed by atoms with Crippen LogP contribution in [0.25, 0.3) is 0 Å². The molecule has 0 aliphatic carbocycles. The molecule has 0 radical (unpaired) electrons. The smallest absolute Gasteiger partial charge is 0.0801 e. The highest BCUT2D eigenvalue weighted by atomic mass is 32.1. The van der Waals surface area contributed by atoms with Crippen molar-refractivity contribution in [2.24, 2.45) is 5.73 Å². The van der Waals surface area contributed by atoms with E-state index in [1.54, 1.807) is 6.20 Å². The van der Waals surface area contributed by atoms with E-state index in [1.807, 2.05) is 18.2 Å². The Kier molecular flexibility index (Phi) is 3.58. The van der Waals surface area contributed by atoms with Crippen molar-refractivity contribution >= 4 is 11.5 Å². The normalized spacial score (nSPS) is 12.6. The summed E-state index contributed by atoms with van der Waals surface area (Å²) < 4.78 is 3.95. The van der Waals surface area contributed by atoms with Crippen LogP contribution in [0.3, 0.4) is 0 Å². The second-order valence-electron chi connectivity index (χ2n) is 3.57. The molecule has 1 unspecified atom stereocenters. The van der Waals surface area contributed by atoms with Gasteiger partial charge in [0, 0.05) is 24.4 Å². The molecule has 0 amide bonds. The first kappa shape index (κ1) is 11.2. The first-order valence-corrected chi connectivity index (χ1v) is 6.05. The molecule has 0 fully saturated rings. The van der Waals surface area contributed by atoms with Crippen molar-refractivity contribution in [3.8, 4) is 0 Å². The molecule has 0 aromatic carbocycles. The van der Waals surface area contributed by atoms with Gasteiger partial charge in [0.15, 0.2) is 0 Å². The van der Waals surface area contributed by atoms with Crippen LogP contribution in [-0.2, 0) is 12.8 Å². The Hall–Kier alpha value is -1.33. The Morgan fingerprint density at radius 1 is 1.44 bits per heavy atom. The zero-order chi connectivity index (χ0) is 11.4. The lowest BCUT2D eigenvalue weighted by molar-refractivity contribution is 0.707. The van der Waals surface area contributed by atoms with Gasteiger partial charge in [0.1, 0.15) is 0 Å². The minimum Gasteiger partial charge on any atom is -0.323 e.